The van der Waals surface area contributed by atoms with E-state index in [1.54, 1.807) is 25.3 Å². The summed E-state index contributed by atoms with van der Waals surface area (Å²) in [7, 11) is 0. The van der Waals surface area contributed by atoms with Gasteiger partial charge in [-0.25, -0.2) is 9.97 Å². The Morgan fingerprint density at radius 2 is 1.77 bits per heavy atom. The minimum Gasteiger partial charge on any atom is -0.382 e. The van der Waals surface area contributed by atoms with E-state index in [1.165, 1.54) is 0 Å². The predicted molar refractivity (Wildman–Crippen MR) is 117 cm³/mol. The molecule has 1 fully saturated rings. The van der Waals surface area contributed by atoms with E-state index in [0.29, 0.717) is 11.3 Å². The van der Waals surface area contributed by atoms with Crippen LogP contribution in [0.15, 0.2) is 60.8 Å². The van der Waals surface area contributed by atoms with E-state index >= 15 is 0 Å². The van der Waals surface area contributed by atoms with Gasteiger partial charge in [0.25, 0.3) is 5.91 Å². The standard InChI is InChI=1S/C23H25N5O2/c1-23(30,27-18-7-3-2-4-8-18)20-21(24)25-15-19(26-20)16-9-11-17(12-10-16)22(29)28-13-5-6-14-28/h2-4,7-12,15,27,30H,5-6,13-14H2,1H3,(H2,24,25). The van der Waals surface area contributed by atoms with Gasteiger partial charge in [-0.05, 0) is 44.0 Å². The van der Waals surface area contributed by atoms with Crippen molar-refractivity contribution in [2.24, 2.45) is 0 Å². The highest BCUT2D eigenvalue weighted by molar-refractivity contribution is 5.94. The minimum atomic E-state index is -1.51. The number of nitrogens with one attached hydrogen (secondary N) is 1. The van der Waals surface area contributed by atoms with Gasteiger partial charge in [0.05, 0.1) is 11.9 Å². The third-order valence-electron chi connectivity index (χ3n) is 5.24. The predicted octanol–water partition coefficient (Wildman–Crippen LogP) is 3.24. The number of anilines is 2. The summed E-state index contributed by atoms with van der Waals surface area (Å²) >= 11 is 0. The van der Waals surface area contributed by atoms with Gasteiger partial charge < -0.3 is 21.1 Å². The van der Waals surface area contributed by atoms with E-state index in [1.807, 2.05) is 47.4 Å². The van der Waals surface area contributed by atoms with E-state index in [2.05, 4.69) is 15.3 Å². The number of hydrogen-bond donors (Lipinski definition) is 3. The molecule has 1 aliphatic heterocycles. The van der Waals surface area contributed by atoms with Crippen molar-refractivity contribution in [2.75, 3.05) is 24.1 Å². The van der Waals surface area contributed by atoms with Crippen LogP contribution in [0, 0.1) is 0 Å². The summed E-state index contributed by atoms with van der Waals surface area (Å²) in [5.74, 6) is 0.200. The molecule has 0 aliphatic carbocycles. The highest BCUT2D eigenvalue weighted by atomic mass is 16.3. The maximum absolute atomic E-state index is 12.5. The number of aromatic nitrogens is 2. The van der Waals surface area contributed by atoms with Crippen molar-refractivity contribution in [3.8, 4) is 11.3 Å². The van der Waals surface area contributed by atoms with Crippen molar-refractivity contribution in [3.63, 3.8) is 0 Å². The number of nitrogen functional groups attached to an aromatic ring is 1. The molecule has 30 heavy (non-hydrogen) atoms. The zero-order valence-electron chi connectivity index (χ0n) is 16.9. The summed E-state index contributed by atoms with van der Waals surface area (Å²) in [4.78, 5) is 23.2. The molecule has 2 heterocycles. The van der Waals surface area contributed by atoms with E-state index in [9.17, 15) is 9.90 Å². The first-order chi connectivity index (χ1) is 14.4. The second-order valence-electron chi connectivity index (χ2n) is 7.63. The van der Waals surface area contributed by atoms with Gasteiger partial charge in [0.15, 0.2) is 5.72 Å². The monoisotopic (exact) mass is 403 g/mol. The van der Waals surface area contributed by atoms with Gasteiger partial charge in [-0.2, -0.15) is 0 Å². The Balaban J connectivity index is 1.59. The Bertz CT molecular complexity index is 1030. The van der Waals surface area contributed by atoms with Crippen molar-refractivity contribution in [1.29, 1.82) is 0 Å². The topological polar surface area (TPSA) is 104 Å². The average molecular weight is 403 g/mol. The molecule has 1 atom stereocenters. The van der Waals surface area contributed by atoms with Gasteiger partial charge in [0.1, 0.15) is 11.5 Å². The van der Waals surface area contributed by atoms with Crippen molar-refractivity contribution >= 4 is 17.4 Å². The first kappa shape index (κ1) is 19.8. The highest BCUT2D eigenvalue weighted by Crippen LogP contribution is 2.28. The van der Waals surface area contributed by atoms with E-state index in [4.69, 9.17) is 5.73 Å². The number of para-hydroxylation sites is 1. The summed E-state index contributed by atoms with van der Waals surface area (Å²) in [5.41, 5.74) is 7.48. The van der Waals surface area contributed by atoms with Gasteiger partial charge in [0.2, 0.25) is 0 Å². The number of nitrogens with two attached hydrogens (primary N) is 1. The van der Waals surface area contributed by atoms with E-state index in [-0.39, 0.29) is 17.4 Å². The minimum absolute atomic E-state index is 0.0538. The molecule has 1 aliphatic rings. The molecule has 0 radical (unpaired) electrons. The van der Waals surface area contributed by atoms with Crippen molar-refractivity contribution in [3.05, 3.63) is 72.1 Å². The number of benzene rings is 2. The summed E-state index contributed by atoms with van der Waals surface area (Å²) in [6.45, 7) is 3.22. The number of likely N-dealkylation sites (tertiary alicyclic amines) is 1. The summed E-state index contributed by atoms with van der Waals surface area (Å²) < 4.78 is 0. The third-order valence-corrected chi connectivity index (χ3v) is 5.24. The molecule has 2 aromatic carbocycles. The summed E-state index contributed by atoms with van der Waals surface area (Å²) in [6, 6.07) is 16.6. The SMILES string of the molecule is CC(O)(Nc1ccccc1)c1nc(-c2ccc(C(=O)N3CCCC3)cc2)cnc1N. The lowest BCUT2D eigenvalue weighted by Gasteiger charge is -2.26. The summed E-state index contributed by atoms with van der Waals surface area (Å²) in [5, 5.41) is 14.0. The third kappa shape index (κ3) is 4.11. The van der Waals surface area contributed by atoms with Crippen LogP contribution in [0.4, 0.5) is 11.5 Å². The summed E-state index contributed by atoms with van der Waals surface area (Å²) in [6.07, 6.45) is 3.68. The van der Waals surface area contributed by atoms with Crippen molar-refractivity contribution in [1.82, 2.24) is 14.9 Å². The maximum Gasteiger partial charge on any atom is 0.253 e. The molecule has 0 bridgehead atoms. The van der Waals surface area contributed by atoms with Crippen LogP contribution in [0.25, 0.3) is 11.3 Å². The molecule has 1 unspecified atom stereocenters. The van der Waals surface area contributed by atoms with Gasteiger partial charge in [-0.15, -0.1) is 0 Å². The van der Waals surface area contributed by atoms with Crippen LogP contribution in [0.1, 0.15) is 35.8 Å². The van der Waals surface area contributed by atoms with Crippen LogP contribution in [-0.2, 0) is 5.72 Å². The highest BCUT2D eigenvalue weighted by Gasteiger charge is 2.28. The Labute approximate surface area is 175 Å². The molecule has 4 rings (SSSR count). The first-order valence-corrected chi connectivity index (χ1v) is 10.0. The molecule has 1 saturated heterocycles. The average Bonchev–Trinajstić information content (AvgIpc) is 3.29. The van der Waals surface area contributed by atoms with Gasteiger partial charge >= 0.3 is 0 Å². The zero-order valence-corrected chi connectivity index (χ0v) is 16.9. The molecule has 3 aromatic rings. The van der Waals surface area contributed by atoms with Crippen LogP contribution in [0.3, 0.4) is 0 Å². The van der Waals surface area contributed by atoms with Crippen LogP contribution in [0.5, 0.6) is 0 Å². The quantitative estimate of drug-likeness (QED) is 0.565. The fraction of sp³-hybridized carbons (Fsp3) is 0.261. The molecule has 4 N–H and O–H groups in total. The molecule has 0 saturated carbocycles. The fourth-order valence-electron chi connectivity index (χ4n) is 3.64. The number of rotatable bonds is 5. The number of hydrogen-bond acceptors (Lipinski definition) is 6. The molecule has 1 amide bonds. The number of amides is 1. The van der Waals surface area contributed by atoms with Gasteiger partial charge in [0, 0.05) is 29.9 Å². The Hall–Kier alpha value is -3.45. The van der Waals surface area contributed by atoms with Crippen LogP contribution in [-0.4, -0.2) is 39.0 Å². The molecule has 0 spiro atoms. The molecule has 1 aromatic heterocycles. The molecule has 7 heteroatoms. The Morgan fingerprint density at radius 3 is 2.43 bits per heavy atom. The van der Waals surface area contributed by atoms with Crippen LogP contribution >= 0.6 is 0 Å². The largest absolute Gasteiger partial charge is 0.382 e. The lowest BCUT2D eigenvalue weighted by molar-refractivity contribution is 0.0792. The Morgan fingerprint density at radius 1 is 1.10 bits per heavy atom. The Kier molecular flexibility index (Phi) is 5.37. The van der Waals surface area contributed by atoms with Gasteiger partial charge in [-0.3, -0.25) is 4.79 Å². The van der Waals surface area contributed by atoms with Crippen LogP contribution in [0.2, 0.25) is 0 Å². The number of aliphatic hydroxyl groups is 1. The van der Waals surface area contributed by atoms with Crippen LogP contribution < -0.4 is 11.1 Å². The number of nitrogens with zero attached hydrogens (tertiary/aromatic N) is 3. The first-order valence-electron chi connectivity index (χ1n) is 10.0. The molecular weight excluding hydrogens is 378 g/mol. The smallest absolute Gasteiger partial charge is 0.253 e. The van der Waals surface area contributed by atoms with Gasteiger partial charge in [-0.1, -0.05) is 30.3 Å². The number of carbonyl (C=O) groups excluding carboxylic acids is 1. The second-order valence-corrected chi connectivity index (χ2v) is 7.63. The second kappa shape index (κ2) is 8.12. The van der Waals surface area contributed by atoms with E-state index in [0.717, 1.165) is 37.2 Å². The molecule has 154 valence electrons. The zero-order chi connectivity index (χ0) is 21.1. The normalized spacial score (nSPS) is 15.6. The number of carbonyl (C=O) groups is 1. The van der Waals surface area contributed by atoms with E-state index < -0.39 is 5.72 Å². The lowest BCUT2D eigenvalue weighted by Crippen LogP contribution is -2.34. The fourth-order valence-corrected chi connectivity index (χ4v) is 3.64. The lowest BCUT2D eigenvalue weighted by atomic mass is 10.1. The molecule has 7 nitrogen and oxygen atoms in total. The maximum atomic E-state index is 12.5. The van der Waals surface area contributed by atoms with Crippen molar-refractivity contribution in [2.45, 2.75) is 25.5 Å². The van der Waals surface area contributed by atoms with Crippen molar-refractivity contribution < 1.29 is 9.90 Å². The molecular formula is C23H25N5O2.